The number of piperidine rings is 1. The summed E-state index contributed by atoms with van der Waals surface area (Å²) in [5.41, 5.74) is -1.77. The molecule has 1 rings (SSSR count). The first-order valence-electron chi connectivity index (χ1n) is 5.54. The van der Waals surface area contributed by atoms with Crippen LogP contribution in [0.2, 0.25) is 0 Å². The molecule has 96 valence electrons. The summed E-state index contributed by atoms with van der Waals surface area (Å²) in [6.45, 7) is 7.16. The standard InChI is InChI=1S/C11H21NO3.ClH/c1-4-15-9(13)10(2,3)11(14)5-7-12-8-6-11;/h12,14H,4-8H2,1-3H3;1H. The number of nitrogens with one attached hydrogen (secondary N) is 1. The van der Waals surface area contributed by atoms with Crippen molar-refractivity contribution in [2.75, 3.05) is 19.7 Å². The van der Waals surface area contributed by atoms with Crippen LogP contribution in [0.4, 0.5) is 0 Å². The summed E-state index contributed by atoms with van der Waals surface area (Å²) in [6.07, 6.45) is 1.19. The molecule has 0 amide bonds. The highest BCUT2D eigenvalue weighted by Crippen LogP contribution is 2.38. The molecule has 0 aromatic rings. The van der Waals surface area contributed by atoms with Crippen molar-refractivity contribution in [3.05, 3.63) is 0 Å². The highest BCUT2D eigenvalue weighted by Gasteiger charge is 2.49. The van der Waals surface area contributed by atoms with E-state index in [9.17, 15) is 9.90 Å². The number of halogens is 1. The van der Waals surface area contributed by atoms with Crippen LogP contribution in [-0.4, -0.2) is 36.4 Å². The molecule has 0 radical (unpaired) electrons. The number of hydrogen-bond acceptors (Lipinski definition) is 4. The molecule has 0 atom stereocenters. The van der Waals surface area contributed by atoms with Crippen molar-refractivity contribution < 1.29 is 14.6 Å². The molecular formula is C11H22ClNO3. The second kappa shape index (κ2) is 5.84. The van der Waals surface area contributed by atoms with Crippen LogP contribution in [0.25, 0.3) is 0 Å². The highest BCUT2D eigenvalue weighted by atomic mass is 35.5. The van der Waals surface area contributed by atoms with Crippen LogP contribution >= 0.6 is 12.4 Å². The minimum Gasteiger partial charge on any atom is -0.465 e. The summed E-state index contributed by atoms with van der Waals surface area (Å²) in [7, 11) is 0. The van der Waals surface area contributed by atoms with Gasteiger partial charge in [-0.15, -0.1) is 12.4 Å². The summed E-state index contributed by atoms with van der Waals surface area (Å²) < 4.78 is 5.01. The summed E-state index contributed by atoms with van der Waals surface area (Å²) in [4.78, 5) is 11.8. The van der Waals surface area contributed by atoms with Crippen molar-refractivity contribution in [1.29, 1.82) is 0 Å². The molecule has 1 aliphatic heterocycles. The van der Waals surface area contributed by atoms with E-state index in [4.69, 9.17) is 4.74 Å². The molecule has 0 aromatic carbocycles. The third-order valence-corrected chi connectivity index (χ3v) is 3.38. The molecule has 0 bridgehead atoms. The van der Waals surface area contributed by atoms with Gasteiger partial charge in [-0.3, -0.25) is 4.79 Å². The molecule has 0 unspecified atom stereocenters. The number of rotatable bonds is 3. The molecule has 1 heterocycles. The lowest BCUT2D eigenvalue weighted by atomic mass is 9.70. The highest BCUT2D eigenvalue weighted by molar-refractivity contribution is 5.85. The number of carbonyl (C=O) groups is 1. The van der Waals surface area contributed by atoms with E-state index >= 15 is 0 Å². The van der Waals surface area contributed by atoms with E-state index in [2.05, 4.69) is 5.32 Å². The van der Waals surface area contributed by atoms with E-state index in [-0.39, 0.29) is 18.4 Å². The minimum absolute atomic E-state index is 0. The molecule has 0 saturated carbocycles. The number of aliphatic hydroxyl groups is 1. The average molecular weight is 252 g/mol. The molecular weight excluding hydrogens is 230 g/mol. The van der Waals surface area contributed by atoms with Gasteiger partial charge >= 0.3 is 5.97 Å². The molecule has 0 aliphatic carbocycles. The molecule has 0 spiro atoms. The van der Waals surface area contributed by atoms with E-state index < -0.39 is 11.0 Å². The fraction of sp³-hybridized carbons (Fsp3) is 0.909. The molecule has 2 N–H and O–H groups in total. The van der Waals surface area contributed by atoms with Gasteiger partial charge < -0.3 is 15.2 Å². The molecule has 1 fully saturated rings. The zero-order valence-electron chi connectivity index (χ0n) is 10.2. The Kier molecular flexibility index (Phi) is 5.73. The summed E-state index contributed by atoms with van der Waals surface area (Å²) in [6, 6.07) is 0. The monoisotopic (exact) mass is 251 g/mol. The predicted molar refractivity (Wildman–Crippen MR) is 64.7 cm³/mol. The van der Waals surface area contributed by atoms with E-state index in [0.29, 0.717) is 19.4 Å². The van der Waals surface area contributed by atoms with Gasteiger partial charge in [-0.2, -0.15) is 0 Å². The largest absolute Gasteiger partial charge is 0.465 e. The molecule has 0 aromatic heterocycles. The lowest BCUT2D eigenvalue weighted by Gasteiger charge is -2.43. The van der Waals surface area contributed by atoms with Gasteiger partial charge in [0.15, 0.2) is 0 Å². The molecule has 1 aliphatic rings. The van der Waals surface area contributed by atoms with Gasteiger partial charge in [0.25, 0.3) is 0 Å². The zero-order valence-corrected chi connectivity index (χ0v) is 11.0. The molecule has 1 saturated heterocycles. The van der Waals surface area contributed by atoms with Gasteiger partial charge in [-0.1, -0.05) is 0 Å². The Bertz CT molecular complexity index is 237. The van der Waals surface area contributed by atoms with E-state index in [1.807, 2.05) is 0 Å². The van der Waals surface area contributed by atoms with Crippen LogP contribution in [0.5, 0.6) is 0 Å². The van der Waals surface area contributed by atoms with E-state index in [1.54, 1.807) is 20.8 Å². The molecule has 4 nitrogen and oxygen atoms in total. The van der Waals surface area contributed by atoms with Crippen molar-refractivity contribution >= 4 is 18.4 Å². The lowest BCUT2D eigenvalue weighted by molar-refractivity contribution is -0.174. The SMILES string of the molecule is CCOC(=O)C(C)(C)C1(O)CCNCC1.Cl. The Morgan fingerprint density at radius 2 is 1.94 bits per heavy atom. The quantitative estimate of drug-likeness (QED) is 0.738. The Balaban J connectivity index is 0.00000225. The first-order valence-corrected chi connectivity index (χ1v) is 5.54. The molecule has 5 heteroatoms. The Labute approximate surface area is 103 Å². The predicted octanol–water partition coefficient (Wildman–Crippen LogP) is 1.11. The first-order chi connectivity index (χ1) is 6.94. The maximum atomic E-state index is 11.8. The van der Waals surface area contributed by atoms with Gasteiger partial charge in [-0.05, 0) is 46.7 Å². The third kappa shape index (κ3) is 2.87. The van der Waals surface area contributed by atoms with Gasteiger partial charge in [-0.25, -0.2) is 0 Å². The molecule has 16 heavy (non-hydrogen) atoms. The summed E-state index contributed by atoms with van der Waals surface area (Å²) in [5, 5.41) is 13.6. The fourth-order valence-corrected chi connectivity index (χ4v) is 1.97. The van der Waals surface area contributed by atoms with Crippen molar-refractivity contribution in [2.45, 2.75) is 39.2 Å². The van der Waals surface area contributed by atoms with Crippen LogP contribution in [0.3, 0.4) is 0 Å². The second-order valence-electron chi connectivity index (χ2n) is 4.63. The van der Waals surface area contributed by atoms with Crippen LogP contribution in [-0.2, 0) is 9.53 Å². The number of carbonyl (C=O) groups excluding carboxylic acids is 1. The van der Waals surface area contributed by atoms with Crippen molar-refractivity contribution in [3.8, 4) is 0 Å². The van der Waals surface area contributed by atoms with Gasteiger partial charge in [0.2, 0.25) is 0 Å². The van der Waals surface area contributed by atoms with Crippen LogP contribution in [0.15, 0.2) is 0 Å². The maximum absolute atomic E-state index is 11.8. The maximum Gasteiger partial charge on any atom is 0.314 e. The van der Waals surface area contributed by atoms with Crippen LogP contribution in [0, 0.1) is 5.41 Å². The van der Waals surface area contributed by atoms with Crippen molar-refractivity contribution in [3.63, 3.8) is 0 Å². The number of esters is 1. The zero-order chi connectivity index (χ0) is 11.5. The summed E-state index contributed by atoms with van der Waals surface area (Å²) in [5.74, 6) is -0.311. The lowest BCUT2D eigenvalue weighted by Crippen LogP contribution is -2.55. The third-order valence-electron chi connectivity index (χ3n) is 3.38. The Morgan fingerprint density at radius 3 is 2.38 bits per heavy atom. The van der Waals surface area contributed by atoms with Crippen molar-refractivity contribution in [2.24, 2.45) is 5.41 Å². The fourth-order valence-electron chi connectivity index (χ4n) is 1.97. The Morgan fingerprint density at radius 1 is 1.44 bits per heavy atom. The van der Waals surface area contributed by atoms with E-state index in [1.165, 1.54) is 0 Å². The van der Waals surface area contributed by atoms with E-state index in [0.717, 1.165) is 13.1 Å². The number of hydrogen-bond donors (Lipinski definition) is 2. The number of ether oxygens (including phenoxy) is 1. The van der Waals surface area contributed by atoms with Gasteiger partial charge in [0, 0.05) is 0 Å². The second-order valence-corrected chi connectivity index (χ2v) is 4.63. The topological polar surface area (TPSA) is 58.6 Å². The van der Waals surface area contributed by atoms with Crippen molar-refractivity contribution in [1.82, 2.24) is 5.32 Å². The normalized spacial score (nSPS) is 19.8. The Hall–Kier alpha value is -0.320. The van der Waals surface area contributed by atoms with Crippen LogP contribution < -0.4 is 5.32 Å². The average Bonchev–Trinajstić information content (AvgIpc) is 2.19. The summed E-state index contributed by atoms with van der Waals surface area (Å²) >= 11 is 0. The van der Waals surface area contributed by atoms with Crippen LogP contribution in [0.1, 0.15) is 33.6 Å². The minimum atomic E-state index is -0.940. The first kappa shape index (κ1) is 15.7. The van der Waals surface area contributed by atoms with Gasteiger partial charge in [0.1, 0.15) is 0 Å². The van der Waals surface area contributed by atoms with Gasteiger partial charge in [0.05, 0.1) is 17.6 Å². The smallest absolute Gasteiger partial charge is 0.314 e.